The lowest BCUT2D eigenvalue weighted by molar-refractivity contribution is 0.186. The Morgan fingerprint density at radius 3 is 2.71 bits per heavy atom. The van der Waals surface area contributed by atoms with Crippen molar-refractivity contribution in [3.8, 4) is 0 Å². The number of rotatable bonds is 5. The number of aliphatic hydroxyl groups excluding tert-OH is 1. The van der Waals surface area contributed by atoms with E-state index in [9.17, 15) is 13.5 Å². The third-order valence-electron chi connectivity index (χ3n) is 2.39. The predicted octanol–water partition coefficient (Wildman–Crippen LogP) is 0.692. The van der Waals surface area contributed by atoms with Gasteiger partial charge >= 0.3 is 0 Å². The zero-order valence-electron chi connectivity index (χ0n) is 10.3. The lowest BCUT2D eigenvalue weighted by atomic mass is 10.3. The Balaban J connectivity index is 2.98. The molecule has 0 radical (unpaired) electrons. The second-order valence-corrected chi connectivity index (χ2v) is 6.14. The van der Waals surface area contributed by atoms with Gasteiger partial charge in [0.25, 0.3) is 0 Å². The van der Waals surface area contributed by atoms with E-state index in [4.69, 9.17) is 0 Å². The maximum absolute atomic E-state index is 11.6. The summed E-state index contributed by atoms with van der Waals surface area (Å²) in [6, 6.07) is 3.14. The number of sulfone groups is 1. The van der Waals surface area contributed by atoms with Crippen molar-refractivity contribution in [2.75, 3.05) is 24.7 Å². The molecule has 0 saturated carbocycles. The summed E-state index contributed by atoms with van der Waals surface area (Å²) in [5, 5.41) is 9.21. The van der Waals surface area contributed by atoms with Crippen LogP contribution in [0.4, 0.5) is 5.82 Å². The lowest BCUT2D eigenvalue weighted by Crippen LogP contribution is -2.24. The fourth-order valence-corrected chi connectivity index (χ4v) is 2.31. The molecule has 1 aromatic heterocycles. The fourth-order valence-electron chi connectivity index (χ4n) is 1.44. The van der Waals surface area contributed by atoms with Gasteiger partial charge in [0, 0.05) is 26.0 Å². The molecular weight excluding hydrogens is 240 g/mol. The number of aromatic nitrogens is 1. The zero-order valence-corrected chi connectivity index (χ0v) is 11.1. The molecule has 1 heterocycles. The van der Waals surface area contributed by atoms with E-state index in [0.29, 0.717) is 18.8 Å². The SMILES string of the molecule is CC(O)CCN(C)c1ncccc1S(C)(=O)=O. The molecule has 0 bridgehead atoms. The molecule has 5 nitrogen and oxygen atoms in total. The summed E-state index contributed by atoms with van der Waals surface area (Å²) in [6.07, 6.45) is 2.87. The first kappa shape index (κ1) is 13.9. The molecule has 0 aliphatic rings. The standard InChI is InChI=1S/C11H18N2O3S/c1-9(14)6-8-13(2)11-10(17(3,15)16)5-4-7-12-11/h4-5,7,9,14H,6,8H2,1-3H3. The van der Waals surface area contributed by atoms with Crippen LogP contribution in [0.3, 0.4) is 0 Å². The van der Waals surface area contributed by atoms with Crippen molar-refractivity contribution in [1.29, 1.82) is 0 Å². The van der Waals surface area contributed by atoms with Crippen molar-refractivity contribution >= 4 is 15.7 Å². The first-order valence-corrected chi connectivity index (χ1v) is 7.26. The Bertz CT molecular complexity index is 471. The highest BCUT2D eigenvalue weighted by Gasteiger charge is 2.17. The second kappa shape index (κ2) is 5.46. The van der Waals surface area contributed by atoms with E-state index in [1.807, 2.05) is 0 Å². The molecule has 6 heteroatoms. The molecule has 1 atom stereocenters. The van der Waals surface area contributed by atoms with Gasteiger partial charge in [-0.25, -0.2) is 13.4 Å². The molecule has 17 heavy (non-hydrogen) atoms. The monoisotopic (exact) mass is 258 g/mol. The number of pyridine rings is 1. The maximum atomic E-state index is 11.6. The quantitative estimate of drug-likeness (QED) is 0.841. The van der Waals surface area contributed by atoms with E-state index < -0.39 is 15.9 Å². The van der Waals surface area contributed by atoms with Gasteiger partial charge in [-0.05, 0) is 25.5 Å². The van der Waals surface area contributed by atoms with Gasteiger partial charge in [-0.1, -0.05) is 0 Å². The van der Waals surface area contributed by atoms with Gasteiger partial charge in [-0.15, -0.1) is 0 Å². The minimum absolute atomic E-state index is 0.216. The second-order valence-electron chi connectivity index (χ2n) is 4.16. The van der Waals surface area contributed by atoms with Crippen molar-refractivity contribution in [2.45, 2.75) is 24.3 Å². The van der Waals surface area contributed by atoms with Crippen LogP contribution in [-0.4, -0.2) is 44.5 Å². The van der Waals surface area contributed by atoms with Gasteiger partial charge < -0.3 is 10.0 Å². The Kier molecular flexibility index (Phi) is 4.47. The van der Waals surface area contributed by atoms with Gasteiger partial charge in [0.05, 0.1) is 6.10 Å². The Labute approximate surface area is 102 Å². The van der Waals surface area contributed by atoms with Crippen LogP contribution in [0.25, 0.3) is 0 Å². The number of anilines is 1. The summed E-state index contributed by atoms with van der Waals surface area (Å²) in [7, 11) is -1.52. The van der Waals surface area contributed by atoms with Gasteiger partial charge in [0.1, 0.15) is 10.7 Å². The van der Waals surface area contributed by atoms with Crippen molar-refractivity contribution in [1.82, 2.24) is 4.98 Å². The number of hydrogen-bond donors (Lipinski definition) is 1. The van der Waals surface area contributed by atoms with E-state index in [-0.39, 0.29) is 4.90 Å². The summed E-state index contributed by atoms with van der Waals surface area (Å²) < 4.78 is 23.2. The number of aliphatic hydroxyl groups is 1. The van der Waals surface area contributed by atoms with Gasteiger partial charge in [0.2, 0.25) is 0 Å². The van der Waals surface area contributed by atoms with E-state index in [0.717, 1.165) is 6.26 Å². The third kappa shape index (κ3) is 3.98. The minimum Gasteiger partial charge on any atom is -0.393 e. The molecule has 0 aromatic carbocycles. The highest BCUT2D eigenvalue weighted by Crippen LogP contribution is 2.21. The van der Waals surface area contributed by atoms with Crippen LogP contribution in [0.2, 0.25) is 0 Å². The van der Waals surface area contributed by atoms with Crippen LogP contribution < -0.4 is 4.90 Å². The zero-order chi connectivity index (χ0) is 13.1. The molecule has 0 saturated heterocycles. The molecule has 0 aliphatic heterocycles. The Morgan fingerprint density at radius 1 is 1.53 bits per heavy atom. The predicted molar refractivity (Wildman–Crippen MR) is 66.9 cm³/mol. The lowest BCUT2D eigenvalue weighted by Gasteiger charge is -2.20. The molecule has 0 amide bonds. The molecule has 1 aromatic rings. The van der Waals surface area contributed by atoms with Crippen LogP contribution in [0.15, 0.2) is 23.2 Å². The fraction of sp³-hybridized carbons (Fsp3) is 0.545. The smallest absolute Gasteiger partial charge is 0.179 e. The topological polar surface area (TPSA) is 70.5 Å². The van der Waals surface area contributed by atoms with E-state index in [1.165, 1.54) is 6.07 Å². The molecule has 1 rings (SSSR count). The largest absolute Gasteiger partial charge is 0.393 e. The Hall–Kier alpha value is -1.14. The molecule has 96 valence electrons. The highest BCUT2D eigenvalue weighted by molar-refractivity contribution is 7.90. The maximum Gasteiger partial charge on any atom is 0.179 e. The van der Waals surface area contributed by atoms with Gasteiger partial charge in [-0.2, -0.15) is 0 Å². The van der Waals surface area contributed by atoms with Crippen LogP contribution in [-0.2, 0) is 9.84 Å². The summed E-state index contributed by atoms with van der Waals surface area (Å²) in [4.78, 5) is 6.04. The average Bonchev–Trinajstić information content (AvgIpc) is 2.24. The summed E-state index contributed by atoms with van der Waals surface area (Å²) in [5.74, 6) is 0.427. The molecule has 0 aliphatic carbocycles. The normalized spacial score (nSPS) is 13.4. The number of hydrogen-bond acceptors (Lipinski definition) is 5. The van der Waals surface area contributed by atoms with Crippen LogP contribution in [0.5, 0.6) is 0 Å². The van der Waals surface area contributed by atoms with Crippen LogP contribution >= 0.6 is 0 Å². The van der Waals surface area contributed by atoms with E-state index >= 15 is 0 Å². The van der Waals surface area contributed by atoms with Gasteiger partial charge in [0.15, 0.2) is 9.84 Å². The van der Waals surface area contributed by atoms with Gasteiger partial charge in [-0.3, -0.25) is 0 Å². The summed E-state index contributed by atoms with van der Waals surface area (Å²) >= 11 is 0. The van der Waals surface area contributed by atoms with Crippen molar-refractivity contribution in [3.63, 3.8) is 0 Å². The first-order valence-electron chi connectivity index (χ1n) is 5.36. The van der Waals surface area contributed by atoms with E-state index in [1.54, 1.807) is 31.1 Å². The summed E-state index contributed by atoms with van der Waals surface area (Å²) in [6.45, 7) is 2.25. The van der Waals surface area contributed by atoms with Crippen LogP contribution in [0.1, 0.15) is 13.3 Å². The molecule has 0 spiro atoms. The summed E-state index contributed by atoms with van der Waals surface area (Å²) in [5.41, 5.74) is 0. The first-order chi connectivity index (χ1) is 7.82. The molecule has 1 unspecified atom stereocenters. The van der Waals surface area contributed by atoms with Crippen molar-refractivity contribution in [3.05, 3.63) is 18.3 Å². The molecule has 1 N–H and O–H groups in total. The molecule has 0 fully saturated rings. The van der Waals surface area contributed by atoms with Crippen molar-refractivity contribution < 1.29 is 13.5 Å². The van der Waals surface area contributed by atoms with Crippen molar-refractivity contribution in [2.24, 2.45) is 0 Å². The third-order valence-corrected chi connectivity index (χ3v) is 3.51. The number of nitrogens with zero attached hydrogens (tertiary/aromatic N) is 2. The minimum atomic E-state index is -3.28. The van der Waals surface area contributed by atoms with E-state index in [2.05, 4.69) is 4.98 Å². The Morgan fingerprint density at radius 2 is 2.18 bits per heavy atom. The highest BCUT2D eigenvalue weighted by atomic mass is 32.2. The average molecular weight is 258 g/mol. The molecular formula is C11H18N2O3S. The van der Waals surface area contributed by atoms with Crippen LogP contribution in [0, 0.1) is 0 Å².